The van der Waals surface area contributed by atoms with Gasteiger partial charge in [0.1, 0.15) is 48.8 Å². The molecular formula is C77H140BN6O50P3. The van der Waals surface area contributed by atoms with E-state index in [2.05, 4.69) is 40.2 Å². The number of likely N-dealkylation sites (tertiary alicyclic amines) is 1. The van der Waals surface area contributed by atoms with Gasteiger partial charge in [0.2, 0.25) is 41.4 Å². The number of ether oxygens (including phenoxy) is 22. The summed E-state index contributed by atoms with van der Waals surface area (Å²) >= 11 is 0. The van der Waals surface area contributed by atoms with Crippen LogP contribution in [0.3, 0.4) is 0 Å². The normalized spacial score (nSPS) is 25.1. The summed E-state index contributed by atoms with van der Waals surface area (Å²) in [6, 6.07) is 0. The maximum Gasteiger partial charge on any atom is 0.469 e. The van der Waals surface area contributed by atoms with Crippen molar-refractivity contribution in [3.05, 3.63) is 0 Å². The molecule has 5 fully saturated rings. The lowest BCUT2D eigenvalue weighted by Gasteiger charge is -2.49. The van der Waals surface area contributed by atoms with E-state index in [0.29, 0.717) is 0 Å². The number of aliphatic hydroxyl groups is 9. The molecule has 5 aliphatic rings. The van der Waals surface area contributed by atoms with Crippen LogP contribution in [0.1, 0.15) is 57.8 Å². The van der Waals surface area contributed by atoms with Crippen molar-refractivity contribution in [1.29, 1.82) is 0 Å². The van der Waals surface area contributed by atoms with Crippen molar-refractivity contribution < 1.29 is 240 Å². The van der Waals surface area contributed by atoms with E-state index in [1.165, 1.54) is 0 Å². The van der Waals surface area contributed by atoms with Gasteiger partial charge in [0.05, 0.1) is 283 Å². The third-order valence-corrected chi connectivity index (χ3v) is 22.2. The van der Waals surface area contributed by atoms with Gasteiger partial charge in [-0.3, -0.25) is 52.0 Å². The maximum absolute atomic E-state index is 14.0. The van der Waals surface area contributed by atoms with Crippen molar-refractivity contribution in [2.24, 2.45) is 11.8 Å². The lowest BCUT2D eigenvalue weighted by Crippen LogP contribution is -2.64. The van der Waals surface area contributed by atoms with Crippen molar-refractivity contribution >= 4 is 72.7 Å². The van der Waals surface area contributed by atoms with E-state index < -0.39 is 188 Å². The highest BCUT2D eigenvalue weighted by Crippen LogP contribution is 2.54. The van der Waals surface area contributed by atoms with Crippen molar-refractivity contribution in [2.45, 2.75) is 155 Å². The highest BCUT2D eigenvalue weighted by Gasteiger charge is 2.71. The summed E-state index contributed by atoms with van der Waals surface area (Å²) in [5.41, 5.74) is -1.34. The molecule has 4 saturated heterocycles. The third-order valence-electron chi connectivity index (χ3n) is 20.8. The fourth-order valence-corrected chi connectivity index (χ4v) is 14.6. The van der Waals surface area contributed by atoms with Gasteiger partial charge in [-0.2, -0.15) is 0 Å². The zero-order valence-electron chi connectivity index (χ0n) is 76.4. The van der Waals surface area contributed by atoms with Crippen LogP contribution in [0.5, 0.6) is 0 Å². The Morgan fingerprint density at radius 3 is 0.949 bits per heavy atom. The molecule has 137 heavy (non-hydrogen) atoms. The summed E-state index contributed by atoms with van der Waals surface area (Å²) in [4.78, 5) is 146. The Bertz CT molecular complexity index is 3380. The van der Waals surface area contributed by atoms with Gasteiger partial charge < -0.3 is 206 Å². The molecule has 1 saturated carbocycles. The Balaban J connectivity index is 1.03. The number of carbonyl (C=O) groups excluding carboxylic acids is 7. The van der Waals surface area contributed by atoms with Crippen LogP contribution >= 0.6 is 23.5 Å². The second-order valence-electron chi connectivity index (χ2n) is 31.1. The number of imide groups is 1. The number of nitrogens with zero attached hydrogens (tertiary/aromatic N) is 1. The van der Waals surface area contributed by atoms with Crippen molar-refractivity contribution in [3.63, 3.8) is 0 Å². The van der Waals surface area contributed by atoms with Crippen LogP contribution in [0.15, 0.2) is 0 Å². The van der Waals surface area contributed by atoms with Gasteiger partial charge in [-0.05, 0) is 19.3 Å². The van der Waals surface area contributed by atoms with Crippen LogP contribution in [-0.2, 0) is 165 Å². The van der Waals surface area contributed by atoms with Crippen LogP contribution in [-0.4, -0.2) is 504 Å². The van der Waals surface area contributed by atoms with Gasteiger partial charge in [0.15, 0.2) is 24.7 Å². The number of phosphoric acid groups is 3. The topological polar surface area (TPSA) is 768 Å². The number of hydrogen-bond donors (Lipinski definition) is 20. The molecule has 0 spiro atoms. The average molecular weight is 2050 g/mol. The largest absolute Gasteiger partial charge is 0.469 e. The van der Waals surface area contributed by atoms with E-state index >= 15 is 0 Å². The van der Waals surface area contributed by atoms with Gasteiger partial charge in [-0.25, -0.2) is 13.7 Å². The highest BCUT2D eigenvalue weighted by atomic mass is 31.2. The molecule has 5 rings (SSSR count). The first-order chi connectivity index (χ1) is 65.4. The fourth-order valence-electron chi connectivity index (χ4n) is 13.6. The molecule has 7 amide bonds. The van der Waals surface area contributed by atoms with Gasteiger partial charge in [-0.15, -0.1) is 0 Å². The van der Waals surface area contributed by atoms with Crippen LogP contribution < -0.4 is 26.6 Å². The zero-order valence-corrected chi connectivity index (χ0v) is 79.1. The minimum atomic E-state index is -4.94. The monoisotopic (exact) mass is 2050 g/mol. The van der Waals surface area contributed by atoms with E-state index in [1.54, 1.807) is 0 Å². The third kappa shape index (κ3) is 52.3. The Hall–Kier alpha value is -4.36. The van der Waals surface area contributed by atoms with Gasteiger partial charge in [0, 0.05) is 82.6 Å². The summed E-state index contributed by atoms with van der Waals surface area (Å²) in [5.74, 6) is -8.61. The molecule has 0 aromatic heterocycles. The predicted molar refractivity (Wildman–Crippen MR) is 458 cm³/mol. The molecule has 4 heterocycles. The number of nitrogens with one attached hydrogen (secondary N) is 5. The summed E-state index contributed by atoms with van der Waals surface area (Å²) in [6.07, 6.45) is -21.3. The minimum absolute atomic E-state index is 0.00488. The smallest absolute Gasteiger partial charge is 0.390 e. The molecule has 2 radical (unpaired) electrons. The summed E-state index contributed by atoms with van der Waals surface area (Å²) in [6.45, 7) is 2.23. The molecule has 17 unspecified atom stereocenters. The lowest BCUT2D eigenvalue weighted by molar-refractivity contribution is -0.438. The summed E-state index contributed by atoms with van der Waals surface area (Å²) < 4.78 is 168. The minimum Gasteiger partial charge on any atom is -0.390 e. The van der Waals surface area contributed by atoms with E-state index in [1.807, 2.05) is 0 Å². The Kier molecular flexibility index (Phi) is 62.6. The second kappa shape index (κ2) is 69.6. The number of aliphatic hydroxyl groups excluding tert-OH is 8. The molecule has 17 atom stereocenters. The number of carbonyl (C=O) groups is 7. The van der Waals surface area contributed by atoms with Gasteiger partial charge >= 0.3 is 23.5 Å². The Morgan fingerprint density at radius 2 is 0.642 bits per heavy atom. The number of fused-ring (bicyclic) bond motifs is 1. The molecule has 0 aromatic carbocycles. The van der Waals surface area contributed by atoms with E-state index in [-0.39, 0.29) is 328 Å². The molecule has 796 valence electrons. The molecule has 20 N–H and O–H groups in total. The quantitative estimate of drug-likeness (QED) is 0.0116. The average Bonchev–Trinajstić information content (AvgIpc) is 1.55. The SMILES string of the molecule is [B]C1CC(=O)N(CCC(=O)NCCOCCOCCOCCOCCC(=O)NC(CCC(=O)NCCOCCOCCOCCOCCOC2OC(COP(=O)(O)O)C(O)C(O)C2O)(CCC(=O)NCCOCCOCCOCCOCCOC2OC(COP(=O)(O)O)C(O)C(O)C2O)CCC(=O)NCCOCCOCCOCCOCCOC2OC3(O)C(COP(=O)(O)O)C(O)C(O)C23)C1=O. The standard InChI is InChI=1S/C77H140BN6O50P3/c78-54-49-62(90)84(72(54)99)13-4-60(88)82-12-18-114-23-28-116-30-29-115-24-19-110-14-5-61(89)83-76(7-2-58(86)80-10-16-112-21-26-118-32-35-121-38-41-124-44-47-127-74-70(97)68(95)65(92)55(132-74)51-130-136(104,105)106,8-3-59(87)81-11-17-113-22-27-119-33-36-122-39-42-125-45-48-128-75-71(98)69(96)66(93)56(133-75)52-131-137(107,108)109)6-1-57(85)79-9-15-111-20-25-117-31-34-120-37-40-123-43-46-126-73-63-67(94)64(91)53(77(63,100)134-73)50-129-135(101,102)103/h53-56,63-71,73-75,91-98,100H,1-52H2,(H,79,85)(H,80,86)(H,81,87)(H,82,88)(H,83,89)(H2,101,102,103)(H2,104,105,106)(H2,107,108,109). The van der Waals surface area contributed by atoms with Crippen LogP contribution in [0.2, 0.25) is 5.82 Å². The first kappa shape index (κ1) is 123. The summed E-state index contributed by atoms with van der Waals surface area (Å²) in [7, 11) is -9.18. The first-order valence-corrected chi connectivity index (χ1v) is 49.4. The molecule has 0 aromatic rings. The van der Waals surface area contributed by atoms with Gasteiger partial charge in [-0.1, -0.05) is 0 Å². The Morgan fingerprint density at radius 1 is 0.358 bits per heavy atom. The van der Waals surface area contributed by atoms with Gasteiger partial charge in [0.25, 0.3) is 0 Å². The fraction of sp³-hybridized carbons (Fsp3) is 0.909. The zero-order chi connectivity index (χ0) is 100. The number of rotatable bonds is 85. The number of hydrogen-bond acceptors (Lipinski definition) is 44. The molecular weight excluding hydrogens is 1910 g/mol. The maximum atomic E-state index is 14.0. The summed E-state index contributed by atoms with van der Waals surface area (Å²) in [5, 5.41) is 107. The lowest BCUT2D eigenvalue weighted by atomic mass is 9.83. The van der Waals surface area contributed by atoms with Crippen molar-refractivity contribution in [3.8, 4) is 0 Å². The van der Waals surface area contributed by atoms with E-state index in [9.17, 15) is 93.2 Å². The van der Waals surface area contributed by atoms with E-state index in [0.717, 1.165) is 4.90 Å². The predicted octanol–water partition coefficient (Wildman–Crippen LogP) is -9.59. The van der Waals surface area contributed by atoms with Crippen molar-refractivity contribution in [1.82, 2.24) is 31.5 Å². The molecule has 4 aliphatic heterocycles. The second-order valence-corrected chi connectivity index (χ2v) is 34.8. The molecule has 0 bridgehead atoms. The van der Waals surface area contributed by atoms with Crippen molar-refractivity contribution in [2.75, 3.05) is 284 Å². The number of phosphoric ester groups is 3. The van der Waals surface area contributed by atoms with Crippen LogP contribution in [0.25, 0.3) is 0 Å². The van der Waals surface area contributed by atoms with Crippen LogP contribution in [0, 0.1) is 11.8 Å². The van der Waals surface area contributed by atoms with E-state index in [4.69, 9.17) is 141 Å². The molecule has 1 aliphatic carbocycles. The Labute approximate surface area is 792 Å². The first-order valence-electron chi connectivity index (χ1n) is 44.8. The highest BCUT2D eigenvalue weighted by molar-refractivity contribution is 7.46. The van der Waals surface area contributed by atoms with Crippen LogP contribution in [0.4, 0.5) is 0 Å². The molecule has 56 nitrogen and oxygen atoms in total. The molecule has 60 heteroatoms. The number of amides is 7.